The van der Waals surface area contributed by atoms with Crippen LogP contribution in [0.5, 0.6) is 6.01 Å². The first kappa shape index (κ1) is 19.4. The summed E-state index contributed by atoms with van der Waals surface area (Å²) in [6.45, 7) is 1.93. The van der Waals surface area contributed by atoms with Gasteiger partial charge in [-0.25, -0.2) is 0 Å². The van der Waals surface area contributed by atoms with Crippen molar-refractivity contribution in [1.82, 2.24) is 15.2 Å². The Morgan fingerprint density at radius 1 is 1.12 bits per heavy atom. The lowest BCUT2D eigenvalue weighted by Crippen LogP contribution is -2.40. The van der Waals surface area contributed by atoms with Crippen LogP contribution in [0.2, 0.25) is 0 Å². The van der Waals surface area contributed by atoms with E-state index in [1.54, 1.807) is 25.1 Å². The third-order valence-electron chi connectivity index (χ3n) is 3.76. The highest BCUT2D eigenvalue weighted by molar-refractivity contribution is 7.87. The number of nitrogens with one attached hydrogen (secondary N) is 2. The highest BCUT2D eigenvalue weighted by Gasteiger charge is 2.39. The smallest absolute Gasteiger partial charge is 0.352 e. The van der Waals surface area contributed by atoms with Gasteiger partial charge in [0.25, 0.3) is 11.8 Å². The standard InChI is InChI=1S/C16H20N4O5S/c1-5-20-13(15(22)18-3)12(14(21)17-2)19(4)16(20)25-26(23,24)11-9-7-6-8-10-11/h6-10H,5H2,1-4H3,(H-,17,18,21,22)/p+1. The zero-order valence-corrected chi connectivity index (χ0v) is 15.8. The number of nitrogens with zero attached hydrogens (tertiary/aromatic N) is 2. The zero-order valence-electron chi connectivity index (χ0n) is 14.9. The molecule has 1 heterocycles. The van der Waals surface area contributed by atoms with Gasteiger partial charge in [0, 0.05) is 14.1 Å². The fraction of sp³-hybridized carbons (Fsp3) is 0.312. The van der Waals surface area contributed by atoms with Gasteiger partial charge >= 0.3 is 16.1 Å². The molecule has 2 amide bonds. The van der Waals surface area contributed by atoms with Crippen LogP contribution in [-0.2, 0) is 23.7 Å². The van der Waals surface area contributed by atoms with Crippen LogP contribution < -0.4 is 19.4 Å². The van der Waals surface area contributed by atoms with E-state index in [2.05, 4.69) is 10.6 Å². The molecule has 1 aromatic heterocycles. The van der Waals surface area contributed by atoms with Crippen LogP contribution in [0.3, 0.4) is 0 Å². The number of aromatic nitrogens is 2. The van der Waals surface area contributed by atoms with Gasteiger partial charge in [0.2, 0.25) is 11.4 Å². The lowest BCUT2D eigenvalue weighted by atomic mass is 10.2. The minimum atomic E-state index is -4.14. The molecule has 26 heavy (non-hydrogen) atoms. The minimum absolute atomic E-state index is 0.00744. The summed E-state index contributed by atoms with van der Waals surface area (Å²) >= 11 is 0. The Kier molecular flexibility index (Phi) is 5.66. The van der Waals surface area contributed by atoms with E-state index in [1.807, 2.05) is 0 Å². The van der Waals surface area contributed by atoms with Gasteiger partial charge in [0.05, 0.1) is 13.6 Å². The van der Waals surface area contributed by atoms with Crippen molar-refractivity contribution in [1.29, 1.82) is 0 Å². The molecule has 0 aliphatic carbocycles. The molecular formula is C16H21N4O5S+. The maximum atomic E-state index is 12.6. The number of imidazole rings is 1. The molecule has 0 bridgehead atoms. The van der Waals surface area contributed by atoms with Gasteiger partial charge in [0.15, 0.2) is 0 Å². The van der Waals surface area contributed by atoms with Crippen LogP contribution in [0.15, 0.2) is 35.2 Å². The van der Waals surface area contributed by atoms with Crippen LogP contribution >= 0.6 is 0 Å². The molecule has 0 unspecified atom stereocenters. The van der Waals surface area contributed by atoms with E-state index >= 15 is 0 Å². The number of rotatable bonds is 6. The Bertz CT molecular complexity index is 935. The number of carbonyl (C=O) groups excluding carboxylic acids is 2. The van der Waals surface area contributed by atoms with E-state index in [4.69, 9.17) is 4.18 Å². The highest BCUT2D eigenvalue weighted by atomic mass is 32.2. The number of hydrogen-bond acceptors (Lipinski definition) is 5. The summed E-state index contributed by atoms with van der Waals surface area (Å²) in [7, 11) is 0.154. The van der Waals surface area contributed by atoms with Crippen LogP contribution in [0.1, 0.15) is 27.9 Å². The third kappa shape index (κ3) is 3.40. The molecule has 0 saturated carbocycles. The van der Waals surface area contributed by atoms with Crippen molar-refractivity contribution >= 4 is 21.9 Å². The van der Waals surface area contributed by atoms with Crippen LogP contribution in [0.4, 0.5) is 0 Å². The predicted octanol–water partition coefficient (Wildman–Crippen LogP) is -0.181. The maximum Gasteiger partial charge on any atom is 0.473 e. The molecule has 9 nitrogen and oxygen atoms in total. The van der Waals surface area contributed by atoms with Crippen molar-refractivity contribution in [2.75, 3.05) is 14.1 Å². The van der Waals surface area contributed by atoms with Gasteiger partial charge in [-0.05, 0) is 19.1 Å². The summed E-state index contributed by atoms with van der Waals surface area (Å²) in [6, 6.07) is 7.47. The Hall–Kier alpha value is -2.88. The van der Waals surface area contributed by atoms with E-state index in [9.17, 15) is 18.0 Å². The Balaban J connectivity index is 2.68. The molecule has 0 radical (unpaired) electrons. The summed E-state index contributed by atoms with van der Waals surface area (Å²) in [5, 5.41) is 4.89. The second kappa shape index (κ2) is 7.56. The van der Waals surface area contributed by atoms with Gasteiger partial charge in [-0.1, -0.05) is 18.2 Å². The largest absolute Gasteiger partial charge is 0.473 e. The molecule has 2 aromatic rings. The molecule has 140 valence electrons. The fourth-order valence-corrected chi connectivity index (χ4v) is 3.50. The quantitative estimate of drug-likeness (QED) is 0.533. The molecular weight excluding hydrogens is 360 g/mol. The molecule has 0 spiro atoms. The molecule has 0 atom stereocenters. The van der Waals surface area contributed by atoms with E-state index < -0.39 is 21.9 Å². The first-order valence-electron chi connectivity index (χ1n) is 7.84. The monoisotopic (exact) mass is 381 g/mol. The Labute approximate surface area is 151 Å². The first-order valence-corrected chi connectivity index (χ1v) is 9.25. The average molecular weight is 381 g/mol. The summed E-state index contributed by atoms with van der Waals surface area (Å²) in [5.74, 6) is -1.08. The average Bonchev–Trinajstić information content (AvgIpc) is 2.92. The second-order valence-electron chi connectivity index (χ2n) is 5.29. The number of hydrogen-bond donors (Lipinski definition) is 2. The molecule has 0 fully saturated rings. The zero-order chi connectivity index (χ0) is 19.5. The fourth-order valence-electron chi connectivity index (χ4n) is 2.51. The summed E-state index contributed by atoms with van der Waals surface area (Å²) < 4.78 is 33.0. The van der Waals surface area contributed by atoms with Crippen LogP contribution in [0.25, 0.3) is 0 Å². The summed E-state index contributed by atoms with van der Waals surface area (Å²) in [5.41, 5.74) is 0.00192. The molecule has 0 aliphatic rings. The first-order chi connectivity index (χ1) is 12.3. The normalized spacial score (nSPS) is 11.1. The lowest BCUT2D eigenvalue weighted by Gasteiger charge is -2.05. The highest BCUT2D eigenvalue weighted by Crippen LogP contribution is 2.21. The number of carbonyl (C=O) groups is 2. The summed E-state index contributed by atoms with van der Waals surface area (Å²) in [6.07, 6.45) is 0. The third-order valence-corrected chi connectivity index (χ3v) is 4.98. The Morgan fingerprint density at radius 3 is 2.19 bits per heavy atom. The van der Waals surface area contributed by atoms with Crippen molar-refractivity contribution in [3.63, 3.8) is 0 Å². The Morgan fingerprint density at radius 2 is 1.69 bits per heavy atom. The predicted molar refractivity (Wildman–Crippen MR) is 92.3 cm³/mol. The van der Waals surface area contributed by atoms with Crippen molar-refractivity contribution in [3.05, 3.63) is 41.7 Å². The summed E-state index contributed by atoms with van der Waals surface area (Å²) in [4.78, 5) is 24.5. The molecule has 0 aliphatic heterocycles. The van der Waals surface area contributed by atoms with Crippen LogP contribution in [0, 0.1) is 0 Å². The molecule has 2 rings (SSSR count). The van der Waals surface area contributed by atoms with Crippen molar-refractivity contribution in [2.24, 2.45) is 7.05 Å². The van der Waals surface area contributed by atoms with Gasteiger partial charge in [0.1, 0.15) is 4.90 Å². The lowest BCUT2D eigenvalue weighted by molar-refractivity contribution is -0.676. The number of benzene rings is 1. The van der Waals surface area contributed by atoms with Crippen molar-refractivity contribution in [2.45, 2.75) is 18.4 Å². The van der Waals surface area contributed by atoms with Gasteiger partial charge in [-0.3, -0.25) is 9.59 Å². The van der Waals surface area contributed by atoms with Gasteiger partial charge in [-0.2, -0.15) is 17.6 Å². The van der Waals surface area contributed by atoms with E-state index in [0.717, 1.165) is 0 Å². The molecule has 0 saturated heterocycles. The van der Waals surface area contributed by atoms with E-state index in [1.165, 1.54) is 42.4 Å². The molecule has 10 heteroatoms. The SMILES string of the molecule is CCn1c(C(=O)NC)c(C(=O)NC)[n+](C)c1OS(=O)(=O)c1ccccc1. The van der Waals surface area contributed by atoms with Gasteiger partial charge in [-0.15, -0.1) is 0 Å². The molecule has 1 aromatic carbocycles. The number of amides is 2. The topological polar surface area (TPSA) is 110 Å². The second-order valence-corrected chi connectivity index (χ2v) is 6.84. The van der Waals surface area contributed by atoms with Crippen molar-refractivity contribution < 1.29 is 26.8 Å². The van der Waals surface area contributed by atoms with E-state index in [-0.39, 0.29) is 28.8 Å². The van der Waals surface area contributed by atoms with E-state index in [0.29, 0.717) is 0 Å². The van der Waals surface area contributed by atoms with Gasteiger partial charge < -0.3 is 14.8 Å². The minimum Gasteiger partial charge on any atom is -0.352 e. The molecule has 2 N–H and O–H groups in total. The van der Waals surface area contributed by atoms with Crippen LogP contribution in [-0.4, -0.2) is 38.9 Å². The maximum absolute atomic E-state index is 12.6. The van der Waals surface area contributed by atoms with Crippen molar-refractivity contribution in [3.8, 4) is 6.01 Å².